The molecule has 1 amide bonds. The van der Waals surface area contributed by atoms with E-state index in [4.69, 9.17) is 4.74 Å². The van der Waals surface area contributed by atoms with Crippen molar-refractivity contribution in [1.29, 1.82) is 0 Å². The summed E-state index contributed by atoms with van der Waals surface area (Å²) in [7, 11) is 0. The number of morpholine rings is 1. The van der Waals surface area contributed by atoms with Crippen LogP contribution in [0.25, 0.3) is 0 Å². The van der Waals surface area contributed by atoms with Crippen molar-refractivity contribution in [3.05, 3.63) is 0 Å². The van der Waals surface area contributed by atoms with Gasteiger partial charge in [0.15, 0.2) is 0 Å². The Morgan fingerprint density at radius 2 is 2.00 bits per heavy atom. The van der Waals surface area contributed by atoms with Crippen molar-refractivity contribution in [3.8, 4) is 0 Å². The third-order valence-electron chi connectivity index (χ3n) is 4.54. The second-order valence-corrected chi connectivity index (χ2v) is 6.43. The van der Waals surface area contributed by atoms with E-state index in [2.05, 4.69) is 16.7 Å². The average Bonchev–Trinajstić information content (AvgIpc) is 2.53. The van der Waals surface area contributed by atoms with E-state index in [1.54, 1.807) is 0 Å². The topological polar surface area (TPSA) is 44.8 Å². The quantitative estimate of drug-likeness (QED) is 0.816. The number of hydrogen-bond acceptors (Lipinski definition) is 4. The van der Waals surface area contributed by atoms with Crippen LogP contribution in [0.5, 0.6) is 0 Å². The Labute approximate surface area is 135 Å². The van der Waals surface area contributed by atoms with Crippen LogP contribution in [0.3, 0.4) is 0 Å². The van der Waals surface area contributed by atoms with Crippen molar-refractivity contribution in [2.24, 2.45) is 5.92 Å². The lowest BCUT2D eigenvalue weighted by atomic mass is 9.96. The molecule has 2 atom stereocenters. The Morgan fingerprint density at radius 3 is 2.65 bits per heavy atom. The van der Waals surface area contributed by atoms with E-state index in [-0.39, 0.29) is 12.0 Å². The van der Waals surface area contributed by atoms with Crippen molar-refractivity contribution < 1.29 is 22.7 Å². The maximum atomic E-state index is 12.2. The summed E-state index contributed by atoms with van der Waals surface area (Å²) in [6.45, 7) is 6.52. The third-order valence-corrected chi connectivity index (χ3v) is 4.54. The standard InChI is InChI=1S/C15H26F3N3O2/c1-12(9-20-5-7-23-8-6-20)21-4-2-3-13(10-21)14(22)19-11-15(16,17)18/h12-13H,2-11H2,1H3,(H,19,22)/t12-,13-/m0/s1. The monoisotopic (exact) mass is 337 g/mol. The zero-order chi connectivity index (χ0) is 16.9. The average molecular weight is 337 g/mol. The van der Waals surface area contributed by atoms with Gasteiger partial charge in [0.1, 0.15) is 6.54 Å². The van der Waals surface area contributed by atoms with Gasteiger partial charge in [-0.1, -0.05) is 0 Å². The summed E-state index contributed by atoms with van der Waals surface area (Å²) < 4.78 is 42.0. The van der Waals surface area contributed by atoms with Gasteiger partial charge >= 0.3 is 6.18 Å². The lowest BCUT2D eigenvalue weighted by molar-refractivity contribution is -0.142. The predicted octanol–water partition coefficient (Wildman–Crippen LogP) is 1.10. The fourth-order valence-electron chi connectivity index (χ4n) is 3.23. The number of halogens is 3. The number of nitrogens with zero attached hydrogens (tertiary/aromatic N) is 2. The summed E-state index contributed by atoms with van der Waals surface area (Å²) in [4.78, 5) is 16.5. The Hall–Kier alpha value is -0.860. The first-order chi connectivity index (χ1) is 10.8. The molecule has 0 aromatic heterocycles. The number of alkyl halides is 3. The predicted molar refractivity (Wildman–Crippen MR) is 80.1 cm³/mol. The van der Waals surface area contributed by atoms with E-state index in [9.17, 15) is 18.0 Å². The number of amides is 1. The largest absolute Gasteiger partial charge is 0.405 e. The minimum atomic E-state index is -4.35. The molecule has 5 nitrogen and oxygen atoms in total. The van der Waals surface area contributed by atoms with Gasteiger partial charge in [-0.3, -0.25) is 14.6 Å². The van der Waals surface area contributed by atoms with Crippen LogP contribution in [0.1, 0.15) is 19.8 Å². The molecule has 2 fully saturated rings. The number of rotatable bonds is 5. The lowest BCUT2D eigenvalue weighted by Crippen LogP contribution is -2.51. The van der Waals surface area contributed by atoms with Crippen LogP contribution in [0.2, 0.25) is 0 Å². The second kappa shape index (κ2) is 8.30. The number of carbonyl (C=O) groups excluding carboxylic acids is 1. The van der Waals surface area contributed by atoms with Gasteiger partial charge in [-0.25, -0.2) is 0 Å². The summed E-state index contributed by atoms with van der Waals surface area (Å²) in [6, 6.07) is 0.284. The molecule has 1 N–H and O–H groups in total. The van der Waals surface area contributed by atoms with Gasteiger partial charge < -0.3 is 10.1 Å². The molecule has 0 spiro atoms. The maximum Gasteiger partial charge on any atom is 0.405 e. The number of hydrogen-bond donors (Lipinski definition) is 1. The van der Waals surface area contributed by atoms with Crippen LogP contribution >= 0.6 is 0 Å². The van der Waals surface area contributed by atoms with Crippen LogP contribution in [-0.4, -0.2) is 80.4 Å². The van der Waals surface area contributed by atoms with Crippen molar-refractivity contribution in [3.63, 3.8) is 0 Å². The van der Waals surface area contributed by atoms with Crippen LogP contribution in [0.15, 0.2) is 0 Å². The van der Waals surface area contributed by atoms with E-state index in [0.29, 0.717) is 13.0 Å². The molecule has 0 saturated carbocycles. The molecule has 2 aliphatic heterocycles. The summed E-state index contributed by atoms with van der Waals surface area (Å²) in [5.41, 5.74) is 0. The normalized spacial score (nSPS) is 26.0. The van der Waals surface area contributed by atoms with E-state index in [1.165, 1.54) is 0 Å². The highest BCUT2D eigenvalue weighted by Gasteiger charge is 2.32. The first-order valence-electron chi connectivity index (χ1n) is 8.24. The molecule has 134 valence electrons. The molecular formula is C15H26F3N3O2. The molecule has 8 heteroatoms. The molecule has 2 saturated heterocycles. The first kappa shape index (κ1) is 18.5. The highest BCUT2D eigenvalue weighted by atomic mass is 19.4. The SMILES string of the molecule is C[C@@H](CN1CCOCC1)N1CCC[C@H](C(=O)NCC(F)(F)F)C1. The van der Waals surface area contributed by atoms with Gasteiger partial charge in [0.2, 0.25) is 5.91 Å². The van der Waals surface area contributed by atoms with Crippen molar-refractivity contribution in [2.75, 3.05) is 52.5 Å². The van der Waals surface area contributed by atoms with Gasteiger partial charge in [0, 0.05) is 32.2 Å². The van der Waals surface area contributed by atoms with E-state index in [0.717, 1.165) is 45.8 Å². The summed E-state index contributed by atoms with van der Waals surface area (Å²) >= 11 is 0. The van der Waals surface area contributed by atoms with Crippen LogP contribution in [0.4, 0.5) is 13.2 Å². The van der Waals surface area contributed by atoms with Gasteiger partial charge in [-0.2, -0.15) is 13.2 Å². The molecule has 0 aromatic rings. The van der Waals surface area contributed by atoms with Crippen LogP contribution in [0, 0.1) is 5.92 Å². The number of carbonyl (C=O) groups is 1. The smallest absolute Gasteiger partial charge is 0.379 e. The molecule has 2 rings (SSSR count). The highest BCUT2D eigenvalue weighted by Crippen LogP contribution is 2.20. The number of nitrogens with one attached hydrogen (secondary N) is 1. The van der Waals surface area contributed by atoms with Crippen molar-refractivity contribution >= 4 is 5.91 Å². The molecule has 2 aliphatic rings. The molecule has 2 heterocycles. The second-order valence-electron chi connectivity index (χ2n) is 6.43. The lowest BCUT2D eigenvalue weighted by Gasteiger charge is -2.39. The molecule has 0 bridgehead atoms. The van der Waals surface area contributed by atoms with Crippen LogP contribution < -0.4 is 5.32 Å². The molecular weight excluding hydrogens is 311 g/mol. The van der Waals surface area contributed by atoms with Gasteiger partial charge in [-0.15, -0.1) is 0 Å². The summed E-state index contributed by atoms with van der Waals surface area (Å²) in [5.74, 6) is -0.830. The minimum Gasteiger partial charge on any atom is -0.379 e. The van der Waals surface area contributed by atoms with Crippen molar-refractivity contribution in [2.45, 2.75) is 32.0 Å². The van der Waals surface area contributed by atoms with Crippen molar-refractivity contribution in [1.82, 2.24) is 15.1 Å². The third kappa shape index (κ3) is 6.27. The first-order valence-corrected chi connectivity index (χ1v) is 8.24. The van der Waals surface area contributed by atoms with E-state index in [1.807, 2.05) is 5.32 Å². The minimum absolute atomic E-state index is 0.284. The Balaban J connectivity index is 1.78. The summed E-state index contributed by atoms with van der Waals surface area (Å²) in [5, 5.41) is 2.02. The number of piperidine rings is 1. The maximum absolute atomic E-state index is 12.2. The molecule has 23 heavy (non-hydrogen) atoms. The number of ether oxygens (including phenoxy) is 1. The molecule has 0 aliphatic carbocycles. The Bertz CT molecular complexity index is 387. The zero-order valence-corrected chi connectivity index (χ0v) is 13.6. The highest BCUT2D eigenvalue weighted by molar-refractivity contribution is 5.79. The number of likely N-dealkylation sites (tertiary alicyclic amines) is 1. The Morgan fingerprint density at radius 1 is 1.30 bits per heavy atom. The van der Waals surface area contributed by atoms with Gasteiger partial charge in [-0.05, 0) is 26.3 Å². The van der Waals surface area contributed by atoms with Gasteiger partial charge in [0.05, 0.1) is 19.1 Å². The molecule has 0 radical (unpaired) electrons. The van der Waals surface area contributed by atoms with Crippen LogP contribution in [-0.2, 0) is 9.53 Å². The summed E-state index contributed by atoms with van der Waals surface area (Å²) in [6.07, 6.45) is -2.85. The Kier molecular flexibility index (Phi) is 6.67. The van der Waals surface area contributed by atoms with E-state index >= 15 is 0 Å². The van der Waals surface area contributed by atoms with E-state index < -0.39 is 18.6 Å². The fourth-order valence-corrected chi connectivity index (χ4v) is 3.23. The fraction of sp³-hybridized carbons (Fsp3) is 0.933. The molecule has 0 unspecified atom stereocenters. The molecule has 0 aromatic carbocycles. The van der Waals surface area contributed by atoms with Gasteiger partial charge in [0.25, 0.3) is 0 Å². The zero-order valence-electron chi connectivity index (χ0n) is 13.6.